The average molecular weight is 253 g/mol. The molecule has 0 aliphatic rings. The molecule has 0 aliphatic carbocycles. The highest BCUT2D eigenvalue weighted by molar-refractivity contribution is 5.65. The number of halogens is 1. The van der Waals surface area contributed by atoms with E-state index < -0.39 is 6.16 Å². The van der Waals surface area contributed by atoms with Gasteiger partial charge in [-0.05, 0) is 0 Å². The molecule has 0 aromatic carbocycles. The van der Waals surface area contributed by atoms with Crippen LogP contribution in [0.1, 0.15) is 0 Å². The Balaban J connectivity index is 2.91. The van der Waals surface area contributed by atoms with E-state index in [1.54, 1.807) is 7.11 Å². The molecule has 0 atom stereocenters. The second kappa shape index (κ2) is 13.3. The molecule has 0 saturated heterocycles. The summed E-state index contributed by atoms with van der Waals surface area (Å²) < 4.78 is 31.9. The Labute approximate surface area is 100 Å². The average Bonchev–Trinajstić information content (AvgIpc) is 2.30. The van der Waals surface area contributed by atoms with Crippen molar-refractivity contribution in [2.75, 3.05) is 59.9 Å². The van der Waals surface area contributed by atoms with Crippen molar-refractivity contribution in [2.45, 2.75) is 0 Å². The number of hydrogen-bond acceptors (Lipinski definition) is 5. The van der Waals surface area contributed by atoms with Crippen LogP contribution in [0.2, 0.25) is 0 Å². The molecule has 1 N–H and O–H groups in total. The number of nitrogens with one attached hydrogen (secondary N) is 1. The van der Waals surface area contributed by atoms with Crippen molar-refractivity contribution in [3.63, 3.8) is 0 Å². The SMILES string of the molecule is COCCOCCOCCOCCNC(=O)F. The van der Waals surface area contributed by atoms with E-state index in [0.717, 1.165) is 0 Å². The second-order valence-electron chi connectivity index (χ2n) is 3.03. The highest BCUT2D eigenvalue weighted by Crippen LogP contribution is 1.81. The van der Waals surface area contributed by atoms with E-state index in [0.29, 0.717) is 39.6 Å². The summed E-state index contributed by atoms with van der Waals surface area (Å²) in [7, 11) is 1.61. The summed E-state index contributed by atoms with van der Waals surface area (Å²) >= 11 is 0. The van der Waals surface area contributed by atoms with E-state index in [-0.39, 0.29) is 13.2 Å². The van der Waals surface area contributed by atoms with Gasteiger partial charge in [0.15, 0.2) is 0 Å². The lowest BCUT2D eigenvalue weighted by molar-refractivity contribution is 0.00423. The first-order valence-electron chi connectivity index (χ1n) is 5.43. The molecule has 0 spiro atoms. The van der Waals surface area contributed by atoms with Crippen molar-refractivity contribution in [1.29, 1.82) is 0 Å². The summed E-state index contributed by atoms with van der Waals surface area (Å²) in [6, 6.07) is 0. The highest BCUT2D eigenvalue weighted by atomic mass is 19.1. The van der Waals surface area contributed by atoms with E-state index in [1.165, 1.54) is 0 Å². The molecule has 0 heterocycles. The fourth-order valence-corrected chi connectivity index (χ4v) is 0.906. The molecule has 102 valence electrons. The topological polar surface area (TPSA) is 66.0 Å². The Morgan fingerprint density at radius 2 is 1.41 bits per heavy atom. The molecule has 0 bridgehead atoms. The van der Waals surface area contributed by atoms with Crippen molar-refractivity contribution in [3.8, 4) is 0 Å². The lowest BCUT2D eigenvalue weighted by atomic mass is 10.6. The van der Waals surface area contributed by atoms with Gasteiger partial charge in [0.05, 0.1) is 46.2 Å². The molecule has 1 amide bonds. The molecule has 0 unspecified atom stereocenters. The van der Waals surface area contributed by atoms with Crippen LogP contribution in [0.3, 0.4) is 0 Å². The lowest BCUT2D eigenvalue weighted by Crippen LogP contribution is -2.23. The molecule has 0 rings (SSSR count). The first-order valence-corrected chi connectivity index (χ1v) is 5.43. The minimum atomic E-state index is -1.54. The monoisotopic (exact) mass is 253 g/mol. The standard InChI is InChI=1S/C10H20FNO5/c1-14-4-5-16-8-9-17-7-6-15-3-2-12-10(11)13/h2-9H2,1H3,(H,12,13). The number of ether oxygens (including phenoxy) is 4. The first-order chi connectivity index (χ1) is 8.27. The van der Waals surface area contributed by atoms with Gasteiger partial charge in [0, 0.05) is 13.7 Å². The van der Waals surface area contributed by atoms with Crippen molar-refractivity contribution in [1.82, 2.24) is 5.32 Å². The fraction of sp³-hybridized carbons (Fsp3) is 0.900. The largest absolute Gasteiger partial charge is 0.397 e. The van der Waals surface area contributed by atoms with Crippen LogP contribution in [-0.2, 0) is 18.9 Å². The van der Waals surface area contributed by atoms with Gasteiger partial charge in [0.25, 0.3) is 0 Å². The summed E-state index contributed by atoms with van der Waals surface area (Å²) in [4.78, 5) is 9.85. The molecule has 0 saturated carbocycles. The number of amides is 1. The predicted octanol–water partition coefficient (Wildman–Crippen LogP) is 0.362. The zero-order chi connectivity index (χ0) is 12.8. The van der Waals surface area contributed by atoms with Crippen molar-refractivity contribution >= 4 is 6.16 Å². The summed E-state index contributed by atoms with van der Waals surface area (Å²) in [5.74, 6) is 0. The van der Waals surface area contributed by atoms with Crippen LogP contribution in [-0.4, -0.2) is 66.1 Å². The number of methoxy groups -OCH3 is 1. The molecule has 6 nitrogen and oxygen atoms in total. The summed E-state index contributed by atoms with van der Waals surface area (Å²) in [6.07, 6.45) is -1.54. The minimum Gasteiger partial charge on any atom is -0.382 e. The third kappa shape index (κ3) is 15.2. The number of rotatable bonds is 12. The van der Waals surface area contributed by atoms with Gasteiger partial charge in [0.1, 0.15) is 0 Å². The summed E-state index contributed by atoms with van der Waals surface area (Å²) in [6.45, 7) is 3.41. The zero-order valence-corrected chi connectivity index (χ0v) is 10.1. The van der Waals surface area contributed by atoms with Crippen LogP contribution in [0.4, 0.5) is 9.18 Å². The second-order valence-corrected chi connectivity index (χ2v) is 3.03. The number of carbonyl (C=O) groups excluding carboxylic acids is 1. The van der Waals surface area contributed by atoms with E-state index in [4.69, 9.17) is 18.9 Å². The van der Waals surface area contributed by atoms with Crippen molar-refractivity contribution in [2.24, 2.45) is 0 Å². The lowest BCUT2D eigenvalue weighted by Gasteiger charge is -2.06. The third-order valence-electron chi connectivity index (χ3n) is 1.69. The first kappa shape index (κ1) is 16.2. The molecule has 17 heavy (non-hydrogen) atoms. The molecular weight excluding hydrogens is 233 g/mol. The Kier molecular flexibility index (Phi) is 12.7. The van der Waals surface area contributed by atoms with Gasteiger partial charge in [-0.15, -0.1) is 4.39 Å². The van der Waals surface area contributed by atoms with Gasteiger partial charge in [-0.3, -0.25) is 0 Å². The van der Waals surface area contributed by atoms with Crippen molar-refractivity contribution < 1.29 is 28.1 Å². The minimum absolute atomic E-state index is 0.162. The molecular formula is C10H20FNO5. The van der Waals surface area contributed by atoms with E-state index in [9.17, 15) is 9.18 Å². The molecule has 0 fully saturated rings. The Morgan fingerprint density at radius 3 is 1.88 bits per heavy atom. The molecule has 0 aromatic rings. The normalized spacial score (nSPS) is 10.5. The van der Waals surface area contributed by atoms with Crippen LogP contribution < -0.4 is 5.32 Å². The smallest absolute Gasteiger partial charge is 0.382 e. The van der Waals surface area contributed by atoms with E-state index in [1.807, 2.05) is 5.32 Å². The van der Waals surface area contributed by atoms with E-state index in [2.05, 4.69) is 0 Å². The summed E-state index contributed by atoms with van der Waals surface area (Å²) in [5.41, 5.74) is 0. The highest BCUT2D eigenvalue weighted by Gasteiger charge is 1.94. The quantitative estimate of drug-likeness (QED) is 0.309. The van der Waals surface area contributed by atoms with Gasteiger partial charge >= 0.3 is 6.16 Å². The van der Waals surface area contributed by atoms with Crippen molar-refractivity contribution in [3.05, 3.63) is 0 Å². The maximum Gasteiger partial charge on any atom is 0.397 e. The van der Waals surface area contributed by atoms with Gasteiger partial charge in [-0.25, -0.2) is 4.79 Å². The number of hydrogen-bond donors (Lipinski definition) is 1. The Morgan fingerprint density at radius 1 is 0.941 bits per heavy atom. The number of carbonyl (C=O) groups is 1. The van der Waals surface area contributed by atoms with Crippen LogP contribution >= 0.6 is 0 Å². The Hall–Kier alpha value is -0.760. The maximum absolute atomic E-state index is 11.7. The molecule has 7 heteroatoms. The predicted molar refractivity (Wildman–Crippen MR) is 58.8 cm³/mol. The van der Waals surface area contributed by atoms with Crippen LogP contribution in [0.5, 0.6) is 0 Å². The molecule has 0 aromatic heterocycles. The van der Waals surface area contributed by atoms with Gasteiger partial charge < -0.3 is 24.3 Å². The van der Waals surface area contributed by atoms with Crippen LogP contribution in [0.25, 0.3) is 0 Å². The van der Waals surface area contributed by atoms with Gasteiger partial charge in [-0.2, -0.15) is 0 Å². The van der Waals surface area contributed by atoms with Gasteiger partial charge in [-0.1, -0.05) is 0 Å². The van der Waals surface area contributed by atoms with E-state index >= 15 is 0 Å². The zero-order valence-electron chi connectivity index (χ0n) is 10.1. The summed E-state index contributed by atoms with van der Waals surface area (Å²) in [5, 5.41) is 1.97. The molecule has 0 aliphatic heterocycles. The Bertz CT molecular complexity index is 182. The third-order valence-corrected chi connectivity index (χ3v) is 1.69. The molecule has 0 radical (unpaired) electrons. The maximum atomic E-state index is 11.7. The van der Waals surface area contributed by atoms with Crippen LogP contribution in [0.15, 0.2) is 0 Å². The van der Waals surface area contributed by atoms with Gasteiger partial charge in [0.2, 0.25) is 0 Å². The van der Waals surface area contributed by atoms with Crippen LogP contribution in [0, 0.1) is 0 Å². The fourth-order valence-electron chi connectivity index (χ4n) is 0.906.